The number of hydrogen-bond acceptors (Lipinski definition) is 6. The molecule has 4 heterocycles. The summed E-state index contributed by atoms with van der Waals surface area (Å²) < 4.78 is 19.3. The fourth-order valence-corrected chi connectivity index (χ4v) is 4.64. The van der Waals surface area contributed by atoms with Gasteiger partial charge in [-0.2, -0.15) is 5.10 Å². The molecule has 34 heavy (non-hydrogen) atoms. The number of likely N-dealkylation sites (tertiary alicyclic amines) is 1. The van der Waals surface area contributed by atoms with Crippen LogP contribution in [0.5, 0.6) is 11.5 Å². The number of pyridine rings is 1. The molecule has 3 aromatic rings. The van der Waals surface area contributed by atoms with E-state index < -0.39 is 0 Å². The van der Waals surface area contributed by atoms with Gasteiger partial charge in [-0.05, 0) is 57.4 Å². The summed E-state index contributed by atoms with van der Waals surface area (Å²) in [5, 5.41) is 5.33. The summed E-state index contributed by atoms with van der Waals surface area (Å²) in [4.78, 5) is 20.6. The lowest BCUT2D eigenvalue weighted by molar-refractivity contribution is 0.00217. The molecule has 0 bridgehead atoms. The Bertz CT molecular complexity index is 1190. The van der Waals surface area contributed by atoms with Crippen LogP contribution in [0.25, 0.3) is 22.3 Å². The number of nitrogens with zero attached hydrogens (tertiary/aromatic N) is 4. The average Bonchev–Trinajstić information content (AvgIpc) is 3.31. The van der Waals surface area contributed by atoms with Crippen molar-refractivity contribution in [1.29, 1.82) is 0 Å². The molecule has 1 fully saturated rings. The van der Waals surface area contributed by atoms with Gasteiger partial charge in [0.15, 0.2) is 17.1 Å². The maximum Gasteiger partial charge on any atom is 0.254 e. The van der Waals surface area contributed by atoms with Crippen LogP contribution in [0.4, 0.5) is 0 Å². The quantitative estimate of drug-likeness (QED) is 0.535. The summed E-state index contributed by atoms with van der Waals surface area (Å²) in [6.07, 6.45) is 4.75. The number of benzene rings is 1. The monoisotopic (exact) mass is 464 g/mol. The van der Waals surface area contributed by atoms with E-state index in [1.165, 1.54) is 0 Å². The van der Waals surface area contributed by atoms with E-state index in [0.29, 0.717) is 42.4 Å². The summed E-state index contributed by atoms with van der Waals surface area (Å²) in [6.45, 7) is 9.35. The van der Waals surface area contributed by atoms with Crippen LogP contribution >= 0.6 is 0 Å². The highest BCUT2D eigenvalue weighted by molar-refractivity contribution is 6.06. The summed E-state index contributed by atoms with van der Waals surface area (Å²) in [5.41, 5.74) is 2.92. The summed E-state index contributed by atoms with van der Waals surface area (Å²) in [5.74, 6) is 1.42. The molecule has 1 amide bonds. The number of fused-ring (bicyclic) bond motifs is 2. The van der Waals surface area contributed by atoms with Gasteiger partial charge in [-0.25, -0.2) is 9.67 Å². The van der Waals surface area contributed by atoms with Gasteiger partial charge in [0.05, 0.1) is 28.9 Å². The standard InChI is InChI=1S/C26H32N4O4/c1-4-10-32-19-6-5-9-29(16-19)26(31)20-14-22(28-25-21(20)15-27-30(25)17(2)3)18-7-8-23-24(13-18)34-12-11-33-23/h7-8,13-15,17,19H,4-6,9-12,16H2,1-3H3. The van der Waals surface area contributed by atoms with Crippen LogP contribution in [-0.4, -0.2) is 64.6 Å². The first kappa shape index (κ1) is 22.7. The number of amides is 1. The number of rotatable bonds is 6. The maximum absolute atomic E-state index is 13.8. The first-order valence-electron chi connectivity index (χ1n) is 12.2. The number of carbonyl (C=O) groups is 1. The minimum absolute atomic E-state index is 0.000650. The van der Waals surface area contributed by atoms with Gasteiger partial charge in [0, 0.05) is 31.3 Å². The number of ether oxygens (including phenoxy) is 3. The van der Waals surface area contributed by atoms with Gasteiger partial charge in [0.1, 0.15) is 13.2 Å². The second-order valence-electron chi connectivity index (χ2n) is 9.22. The highest BCUT2D eigenvalue weighted by atomic mass is 16.6. The van der Waals surface area contributed by atoms with Crippen LogP contribution in [0, 0.1) is 0 Å². The molecular formula is C26H32N4O4. The summed E-state index contributed by atoms with van der Waals surface area (Å²) >= 11 is 0. The second kappa shape index (κ2) is 9.62. The fraction of sp³-hybridized carbons (Fsp3) is 0.500. The molecule has 1 atom stereocenters. The van der Waals surface area contributed by atoms with Gasteiger partial charge in [0.2, 0.25) is 0 Å². The SMILES string of the molecule is CCCOC1CCCN(C(=O)c2cc(-c3ccc4c(c3)OCCO4)nc3c2cnn3C(C)C)C1. The third-order valence-electron chi connectivity index (χ3n) is 6.35. The Hall–Kier alpha value is -3.13. The molecule has 5 rings (SSSR count). The zero-order valence-corrected chi connectivity index (χ0v) is 20.1. The average molecular weight is 465 g/mol. The Morgan fingerprint density at radius 3 is 2.82 bits per heavy atom. The molecule has 2 aromatic heterocycles. The van der Waals surface area contributed by atoms with E-state index in [0.717, 1.165) is 49.1 Å². The van der Waals surface area contributed by atoms with Crippen molar-refractivity contribution >= 4 is 16.9 Å². The molecule has 180 valence electrons. The van der Waals surface area contributed by atoms with Crippen molar-refractivity contribution in [3.05, 3.63) is 36.0 Å². The normalized spacial score (nSPS) is 18.0. The smallest absolute Gasteiger partial charge is 0.254 e. The van der Waals surface area contributed by atoms with Crippen LogP contribution in [0.2, 0.25) is 0 Å². The second-order valence-corrected chi connectivity index (χ2v) is 9.22. The molecular weight excluding hydrogens is 432 g/mol. The largest absolute Gasteiger partial charge is 0.486 e. The van der Waals surface area contributed by atoms with E-state index in [1.54, 1.807) is 6.20 Å². The maximum atomic E-state index is 13.8. The van der Waals surface area contributed by atoms with Gasteiger partial charge in [-0.3, -0.25) is 4.79 Å². The first-order valence-corrected chi connectivity index (χ1v) is 12.2. The van der Waals surface area contributed by atoms with E-state index in [-0.39, 0.29) is 18.1 Å². The predicted octanol–water partition coefficient (Wildman–Crippen LogP) is 4.48. The van der Waals surface area contributed by atoms with Gasteiger partial charge < -0.3 is 19.1 Å². The molecule has 0 spiro atoms. The predicted molar refractivity (Wildman–Crippen MR) is 130 cm³/mol. The Balaban J connectivity index is 1.55. The highest BCUT2D eigenvalue weighted by Gasteiger charge is 2.28. The van der Waals surface area contributed by atoms with E-state index >= 15 is 0 Å². The van der Waals surface area contributed by atoms with Crippen molar-refractivity contribution in [2.75, 3.05) is 32.9 Å². The van der Waals surface area contributed by atoms with Crippen molar-refractivity contribution in [2.24, 2.45) is 0 Å². The Labute approximate surface area is 199 Å². The van der Waals surface area contributed by atoms with Crippen molar-refractivity contribution in [3.63, 3.8) is 0 Å². The van der Waals surface area contributed by atoms with Crippen molar-refractivity contribution in [3.8, 4) is 22.8 Å². The molecule has 8 heteroatoms. The van der Waals surface area contributed by atoms with Crippen LogP contribution in [-0.2, 0) is 4.74 Å². The Morgan fingerprint density at radius 1 is 1.21 bits per heavy atom. The number of carbonyl (C=O) groups excluding carboxylic acids is 1. The van der Waals surface area contributed by atoms with E-state index in [4.69, 9.17) is 19.2 Å². The lowest BCUT2D eigenvalue weighted by Gasteiger charge is -2.33. The molecule has 1 saturated heterocycles. The topological polar surface area (TPSA) is 78.7 Å². The van der Waals surface area contributed by atoms with Gasteiger partial charge >= 0.3 is 0 Å². The molecule has 1 aromatic carbocycles. The third kappa shape index (κ3) is 4.34. The fourth-order valence-electron chi connectivity index (χ4n) is 4.64. The van der Waals surface area contributed by atoms with Crippen molar-refractivity contribution < 1.29 is 19.0 Å². The Morgan fingerprint density at radius 2 is 2.03 bits per heavy atom. The van der Waals surface area contributed by atoms with E-state index in [1.807, 2.05) is 33.8 Å². The highest BCUT2D eigenvalue weighted by Crippen LogP contribution is 2.35. The minimum atomic E-state index is -0.000650. The lowest BCUT2D eigenvalue weighted by atomic mass is 10.0. The number of hydrogen-bond donors (Lipinski definition) is 0. The Kier molecular flexibility index (Phi) is 6.41. The van der Waals surface area contributed by atoms with E-state index in [9.17, 15) is 4.79 Å². The molecule has 0 saturated carbocycles. The summed E-state index contributed by atoms with van der Waals surface area (Å²) in [6, 6.07) is 7.80. The molecule has 0 radical (unpaired) electrons. The molecule has 2 aliphatic heterocycles. The summed E-state index contributed by atoms with van der Waals surface area (Å²) in [7, 11) is 0. The van der Waals surface area contributed by atoms with Gasteiger partial charge in [-0.1, -0.05) is 6.92 Å². The van der Waals surface area contributed by atoms with Crippen molar-refractivity contribution in [1.82, 2.24) is 19.7 Å². The van der Waals surface area contributed by atoms with Crippen LogP contribution < -0.4 is 9.47 Å². The first-order chi connectivity index (χ1) is 16.5. The molecule has 2 aliphatic rings. The zero-order chi connectivity index (χ0) is 23.7. The van der Waals surface area contributed by atoms with Crippen LogP contribution in [0.3, 0.4) is 0 Å². The molecule has 0 aliphatic carbocycles. The number of piperidine rings is 1. The molecule has 0 N–H and O–H groups in total. The third-order valence-corrected chi connectivity index (χ3v) is 6.35. The van der Waals surface area contributed by atoms with E-state index in [2.05, 4.69) is 25.9 Å². The lowest BCUT2D eigenvalue weighted by Crippen LogP contribution is -2.43. The van der Waals surface area contributed by atoms with Gasteiger partial charge in [0.25, 0.3) is 5.91 Å². The van der Waals surface area contributed by atoms with Gasteiger partial charge in [-0.15, -0.1) is 0 Å². The molecule has 8 nitrogen and oxygen atoms in total. The zero-order valence-electron chi connectivity index (χ0n) is 20.1. The number of aromatic nitrogens is 3. The van der Waals surface area contributed by atoms with Crippen molar-refractivity contribution in [2.45, 2.75) is 52.2 Å². The van der Waals surface area contributed by atoms with Crippen LogP contribution in [0.1, 0.15) is 56.4 Å². The molecule has 1 unspecified atom stereocenters. The van der Waals surface area contributed by atoms with Crippen LogP contribution in [0.15, 0.2) is 30.5 Å². The minimum Gasteiger partial charge on any atom is -0.486 e.